The van der Waals surface area contributed by atoms with E-state index in [9.17, 15) is 4.79 Å². The molecule has 0 radical (unpaired) electrons. The molecule has 2 heterocycles. The molecule has 2 fully saturated rings. The van der Waals surface area contributed by atoms with E-state index in [0.29, 0.717) is 16.9 Å². The van der Waals surface area contributed by atoms with Crippen LogP contribution in [0.2, 0.25) is 0 Å². The quantitative estimate of drug-likeness (QED) is 0.606. The minimum Gasteiger partial charge on any atom is -0.286 e. The van der Waals surface area contributed by atoms with E-state index in [2.05, 4.69) is 43.0 Å². The van der Waals surface area contributed by atoms with Crippen molar-refractivity contribution in [2.24, 2.45) is 0 Å². The number of carbonyl (C=O) groups excluding carboxylic acids is 1. The second-order valence-electron chi connectivity index (χ2n) is 6.40. The number of likely N-dealkylation sites (tertiary alicyclic amines) is 1. The predicted octanol–water partition coefficient (Wildman–Crippen LogP) is 4.06. The van der Waals surface area contributed by atoms with Crippen molar-refractivity contribution in [3.05, 3.63) is 40.3 Å². The van der Waals surface area contributed by atoms with Gasteiger partial charge in [0.1, 0.15) is 4.32 Å². The van der Waals surface area contributed by atoms with E-state index < -0.39 is 0 Å². The molecule has 0 bridgehead atoms. The van der Waals surface area contributed by atoms with E-state index in [1.807, 2.05) is 6.08 Å². The summed E-state index contributed by atoms with van der Waals surface area (Å²) in [6.07, 6.45) is 4.38. The van der Waals surface area contributed by atoms with Crippen molar-refractivity contribution in [3.8, 4) is 0 Å². The number of nitrogens with zero attached hydrogens (tertiary/aromatic N) is 2. The fraction of sp³-hybridized carbons (Fsp3) is 0.444. The summed E-state index contributed by atoms with van der Waals surface area (Å²) in [7, 11) is 0. The summed E-state index contributed by atoms with van der Waals surface area (Å²) < 4.78 is 0.673. The molecule has 0 unspecified atom stereocenters. The Hall–Kier alpha value is -1.17. The first-order valence-electron chi connectivity index (χ1n) is 8.12. The van der Waals surface area contributed by atoms with Crippen molar-refractivity contribution in [2.45, 2.75) is 32.6 Å². The lowest BCUT2D eigenvalue weighted by Crippen LogP contribution is -2.38. The molecule has 122 valence electrons. The number of benzene rings is 1. The average Bonchev–Trinajstić information content (AvgIpc) is 3.12. The number of thioether (sulfide) groups is 1. The third-order valence-electron chi connectivity index (χ3n) is 4.31. The molecule has 3 rings (SSSR count). The highest BCUT2D eigenvalue weighted by atomic mass is 32.2. The Morgan fingerprint density at radius 1 is 1.22 bits per heavy atom. The molecule has 2 aliphatic heterocycles. The summed E-state index contributed by atoms with van der Waals surface area (Å²) in [5.41, 5.74) is 2.36. The largest absolute Gasteiger partial charge is 0.286 e. The van der Waals surface area contributed by atoms with Crippen LogP contribution in [0, 0.1) is 0 Å². The zero-order chi connectivity index (χ0) is 16.4. The van der Waals surface area contributed by atoms with Crippen LogP contribution in [0.4, 0.5) is 0 Å². The molecule has 0 spiro atoms. The van der Waals surface area contributed by atoms with Gasteiger partial charge >= 0.3 is 0 Å². The van der Waals surface area contributed by atoms with Crippen molar-refractivity contribution in [1.29, 1.82) is 0 Å². The second kappa shape index (κ2) is 7.16. The molecule has 1 amide bonds. The van der Waals surface area contributed by atoms with Gasteiger partial charge in [0, 0.05) is 0 Å². The molecule has 0 saturated carbocycles. The number of thiocarbonyl (C=S) groups is 1. The average molecular weight is 347 g/mol. The molecule has 0 N–H and O–H groups in total. The van der Waals surface area contributed by atoms with Crippen LogP contribution in [0.3, 0.4) is 0 Å². The molecule has 0 aliphatic carbocycles. The van der Waals surface area contributed by atoms with E-state index in [-0.39, 0.29) is 5.91 Å². The Balaban J connectivity index is 1.72. The molecule has 1 aromatic carbocycles. The minimum absolute atomic E-state index is 0.0415. The van der Waals surface area contributed by atoms with Crippen molar-refractivity contribution in [3.63, 3.8) is 0 Å². The fourth-order valence-electron chi connectivity index (χ4n) is 2.87. The van der Waals surface area contributed by atoms with Crippen molar-refractivity contribution in [2.75, 3.05) is 19.8 Å². The maximum Gasteiger partial charge on any atom is 0.267 e. The summed E-state index contributed by atoms with van der Waals surface area (Å²) >= 11 is 6.81. The molecule has 2 aliphatic rings. The predicted molar refractivity (Wildman–Crippen MR) is 101 cm³/mol. The lowest BCUT2D eigenvalue weighted by atomic mass is 10.0. The first-order valence-corrected chi connectivity index (χ1v) is 9.35. The summed E-state index contributed by atoms with van der Waals surface area (Å²) in [4.78, 5) is 17.4. The van der Waals surface area contributed by atoms with E-state index in [1.165, 1.54) is 30.2 Å². The third-order valence-corrected chi connectivity index (χ3v) is 5.69. The molecule has 0 atom stereocenters. The molecule has 1 aromatic rings. The van der Waals surface area contributed by atoms with Gasteiger partial charge in [0.25, 0.3) is 5.91 Å². The molecule has 23 heavy (non-hydrogen) atoms. The van der Waals surface area contributed by atoms with Crippen LogP contribution in [0.25, 0.3) is 6.08 Å². The van der Waals surface area contributed by atoms with Gasteiger partial charge in [-0.05, 0) is 49.1 Å². The smallest absolute Gasteiger partial charge is 0.267 e. The summed E-state index contributed by atoms with van der Waals surface area (Å²) in [6, 6.07) is 8.40. The van der Waals surface area contributed by atoms with Crippen molar-refractivity contribution < 1.29 is 4.79 Å². The monoisotopic (exact) mass is 346 g/mol. The van der Waals surface area contributed by atoms with Crippen LogP contribution < -0.4 is 0 Å². The van der Waals surface area contributed by atoms with Gasteiger partial charge in [0.05, 0.1) is 11.6 Å². The summed E-state index contributed by atoms with van der Waals surface area (Å²) in [6.45, 7) is 7.12. The van der Waals surface area contributed by atoms with Crippen LogP contribution in [0.15, 0.2) is 29.2 Å². The molecule has 3 nitrogen and oxygen atoms in total. The highest BCUT2D eigenvalue weighted by Gasteiger charge is 2.33. The van der Waals surface area contributed by atoms with Crippen LogP contribution >= 0.6 is 24.0 Å². The maximum absolute atomic E-state index is 12.6. The Labute approximate surface area is 147 Å². The number of carbonyl (C=O) groups is 1. The molecule has 5 heteroatoms. The fourth-order valence-corrected chi connectivity index (χ4v) is 4.12. The zero-order valence-electron chi connectivity index (χ0n) is 13.6. The van der Waals surface area contributed by atoms with Crippen LogP contribution in [-0.4, -0.2) is 39.8 Å². The number of hydrogen-bond acceptors (Lipinski definition) is 4. The Morgan fingerprint density at radius 2 is 1.87 bits per heavy atom. The Kier molecular flexibility index (Phi) is 5.19. The Morgan fingerprint density at radius 3 is 2.48 bits per heavy atom. The molecular weight excluding hydrogens is 324 g/mol. The first kappa shape index (κ1) is 16.7. The van der Waals surface area contributed by atoms with Crippen LogP contribution in [0.5, 0.6) is 0 Å². The Bertz CT molecular complexity index is 631. The van der Waals surface area contributed by atoms with Gasteiger partial charge in [-0.2, -0.15) is 0 Å². The first-order chi connectivity index (χ1) is 11.0. The standard InChI is InChI=1S/C18H22N2OS2/c1-13(2)15-7-5-14(6-8-15)11-16-17(21)20(18(22)23-16)12-19-9-3-4-10-19/h5-8,11,13H,3-4,9-10,12H2,1-2H3. The van der Waals surface area contributed by atoms with Gasteiger partial charge in [-0.15, -0.1) is 0 Å². The van der Waals surface area contributed by atoms with Crippen LogP contribution in [0.1, 0.15) is 43.7 Å². The van der Waals surface area contributed by atoms with E-state index >= 15 is 0 Å². The second-order valence-corrected chi connectivity index (χ2v) is 8.07. The van der Waals surface area contributed by atoms with Gasteiger partial charge in [-0.1, -0.05) is 62.1 Å². The highest BCUT2D eigenvalue weighted by Crippen LogP contribution is 2.33. The number of hydrogen-bond donors (Lipinski definition) is 0. The van der Waals surface area contributed by atoms with Gasteiger partial charge < -0.3 is 0 Å². The minimum atomic E-state index is 0.0415. The summed E-state index contributed by atoms with van der Waals surface area (Å²) in [5, 5.41) is 0. The van der Waals surface area contributed by atoms with Gasteiger partial charge in [0.2, 0.25) is 0 Å². The summed E-state index contributed by atoms with van der Waals surface area (Å²) in [5.74, 6) is 0.558. The SMILES string of the molecule is CC(C)c1ccc(C=C2SC(=S)N(CN3CCCC3)C2=O)cc1. The topological polar surface area (TPSA) is 23.6 Å². The normalized spacial score (nSPS) is 21.2. The molecule has 2 saturated heterocycles. The third kappa shape index (κ3) is 3.84. The number of rotatable bonds is 4. The molecular formula is C18H22N2OS2. The van der Waals surface area contributed by atoms with Gasteiger partial charge in [0.15, 0.2) is 0 Å². The van der Waals surface area contributed by atoms with Gasteiger partial charge in [-0.3, -0.25) is 14.6 Å². The van der Waals surface area contributed by atoms with Crippen LogP contribution in [-0.2, 0) is 4.79 Å². The van der Waals surface area contributed by atoms with Crippen molar-refractivity contribution >= 4 is 40.3 Å². The van der Waals surface area contributed by atoms with E-state index in [4.69, 9.17) is 12.2 Å². The van der Waals surface area contributed by atoms with E-state index in [0.717, 1.165) is 23.6 Å². The molecule has 0 aromatic heterocycles. The lowest BCUT2D eigenvalue weighted by molar-refractivity contribution is -0.123. The lowest BCUT2D eigenvalue weighted by Gasteiger charge is -2.22. The van der Waals surface area contributed by atoms with Crippen molar-refractivity contribution in [1.82, 2.24) is 9.80 Å². The zero-order valence-corrected chi connectivity index (χ0v) is 15.3. The maximum atomic E-state index is 12.6. The number of amides is 1. The van der Waals surface area contributed by atoms with E-state index in [1.54, 1.807) is 4.90 Å². The van der Waals surface area contributed by atoms with Gasteiger partial charge in [-0.25, -0.2) is 0 Å². The highest BCUT2D eigenvalue weighted by molar-refractivity contribution is 8.26.